The molecule has 0 amide bonds. The van der Waals surface area contributed by atoms with Crippen molar-refractivity contribution >= 4 is 17.9 Å². The summed E-state index contributed by atoms with van der Waals surface area (Å²) in [5, 5.41) is 31.6. The van der Waals surface area contributed by atoms with E-state index in [-0.39, 0.29) is 11.1 Å². The molecule has 0 radical (unpaired) electrons. The van der Waals surface area contributed by atoms with Crippen LogP contribution in [0.3, 0.4) is 0 Å². The number of hydrogen-bond donors (Lipinski definition) is 4. The molecule has 1 unspecified atom stereocenters. The van der Waals surface area contributed by atoms with Crippen LogP contribution >= 0.6 is 0 Å². The molecule has 0 aromatic carbocycles. The van der Waals surface area contributed by atoms with Gasteiger partial charge in [-0.05, 0) is 20.8 Å². The number of aliphatic hydroxyl groups excluding tert-OH is 1. The van der Waals surface area contributed by atoms with Gasteiger partial charge in [0.1, 0.15) is 6.10 Å². The topological polar surface area (TPSA) is 132 Å². The first-order chi connectivity index (χ1) is 7.93. The van der Waals surface area contributed by atoms with Gasteiger partial charge in [-0.15, -0.1) is 0 Å². The molecular weight excluding hydrogens is 244 g/mol. The van der Waals surface area contributed by atoms with E-state index in [1.807, 2.05) is 0 Å². The fourth-order valence-electron chi connectivity index (χ4n) is 0. The summed E-state index contributed by atoms with van der Waals surface area (Å²) < 4.78 is 0. The lowest BCUT2D eigenvalue weighted by Gasteiger charge is -1.89. The molecule has 0 aliphatic carbocycles. The minimum atomic E-state index is -1.23. The van der Waals surface area contributed by atoms with E-state index < -0.39 is 24.0 Å². The molecule has 0 aliphatic heterocycles. The summed E-state index contributed by atoms with van der Waals surface area (Å²) in [5.74, 6) is -3.06. The van der Waals surface area contributed by atoms with Crippen LogP contribution in [0, 0.1) is 0 Å². The van der Waals surface area contributed by atoms with Gasteiger partial charge in [0, 0.05) is 11.1 Å². The third-order valence-electron chi connectivity index (χ3n) is 1.09. The lowest BCUT2D eigenvalue weighted by molar-refractivity contribution is -0.145. The molecule has 0 aromatic rings. The molecule has 0 saturated carbocycles. The maximum Gasteiger partial charge on any atom is 0.332 e. The molecule has 0 saturated heterocycles. The SMILES string of the molecule is C=C(C)C(=O)O.C=C(C)C(=O)O.CC(O)C(=O)O. The molecule has 0 aliphatic rings. The molecule has 0 rings (SSSR count). The summed E-state index contributed by atoms with van der Waals surface area (Å²) in [4.78, 5) is 28.6. The van der Waals surface area contributed by atoms with Crippen LogP contribution < -0.4 is 0 Å². The van der Waals surface area contributed by atoms with Gasteiger partial charge in [0.2, 0.25) is 0 Å². The fraction of sp³-hybridized carbons (Fsp3) is 0.364. The number of carbonyl (C=O) groups is 3. The number of aliphatic carboxylic acids is 3. The van der Waals surface area contributed by atoms with E-state index in [0.29, 0.717) is 0 Å². The summed E-state index contributed by atoms with van der Waals surface area (Å²) in [6, 6.07) is 0. The lowest BCUT2D eigenvalue weighted by atomic mass is 10.4. The molecule has 18 heavy (non-hydrogen) atoms. The van der Waals surface area contributed by atoms with Gasteiger partial charge in [-0.2, -0.15) is 0 Å². The Labute approximate surface area is 105 Å². The van der Waals surface area contributed by atoms with E-state index in [2.05, 4.69) is 13.2 Å². The Hall–Kier alpha value is -2.15. The van der Waals surface area contributed by atoms with Crippen LogP contribution in [-0.2, 0) is 14.4 Å². The Kier molecular flexibility index (Phi) is 13.3. The maximum atomic E-state index is 9.60. The molecule has 0 fully saturated rings. The van der Waals surface area contributed by atoms with E-state index in [0.717, 1.165) is 0 Å². The van der Waals surface area contributed by atoms with Gasteiger partial charge < -0.3 is 20.4 Å². The summed E-state index contributed by atoms with van der Waals surface area (Å²) >= 11 is 0. The van der Waals surface area contributed by atoms with Crippen molar-refractivity contribution in [2.24, 2.45) is 0 Å². The minimum Gasteiger partial charge on any atom is -0.479 e. The standard InChI is InChI=1S/2C4H6O2.C3H6O3/c2*1-3(2)4(5)6;1-2(4)3(5)6/h2*1H2,2H3,(H,5,6);2,4H,1H3,(H,5,6). The van der Waals surface area contributed by atoms with Gasteiger partial charge in [-0.25, -0.2) is 14.4 Å². The van der Waals surface area contributed by atoms with Crippen LogP contribution in [0.25, 0.3) is 0 Å². The van der Waals surface area contributed by atoms with Crippen LogP contribution in [-0.4, -0.2) is 44.4 Å². The Bertz CT molecular complexity index is 280. The van der Waals surface area contributed by atoms with Gasteiger partial charge in [0.25, 0.3) is 0 Å². The van der Waals surface area contributed by atoms with E-state index >= 15 is 0 Å². The molecule has 0 spiro atoms. The van der Waals surface area contributed by atoms with Crippen molar-refractivity contribution in [3.8, 4) is 0 Å². The molecule has 0 bridgehead atoms. The fourth-order valence-corrected chi connectivity index (χ4v) is 0. The monoisotopic (exact) mass is 262 g/mol. The minimum absolute atomic E-state index is 0.176. The molecule has 1 atom stereocenters. The van der Waals surface area contributed by atoms with Gasteiger partial charge >= 0.3 is 17.9 Å². The van der Waals surface area contributed by atoms with E-state index in [4.69, 9.17) is 20.4 Å². The van der Waals surface area contributed by atoms with E-state index in [1.54, 1.807) is 0 Å². The van der Waals surface area contributed by atoms with Crippen molar-refractivity contribution in [1.29, 1.82) is 0 Å². The number of hydrogen-bond acceptors (Lipinski definition) is 4. The molecule has 104 valence electrons. The zero-order valence-corrected chi connectivity index (χ0v) is 10.5. The average molecular weight is 262 g/mol. The summed E-state index contributed by atoms with van der Waals surface area (Å²) in [7, 11) is 0. The molecule has 4 N–H and O–H groups in total. The highest BCUT2D eigenvalue weighted by atomic mass is 16.4. The second kappa shape index (κ2) is 11.3. The third kappa shape index (κ3) is 23.6. The maximum absolute atomic E-state index is 9.60. The zero-order chi connectivity index (χ0) is 15.5. The average Bonchev–Trinajstić information content (AvgIpc) is 2.18. The van der Waals surface area contributed by atoms with Crippen molar-refractivity contribution < 1.29 is 34.8 Å². The van der Waals surface area contributed by atoms with Gasteiger partial charge in [-0.1, -0.05) is 13.2 Å². The highest BCUT2D eigenvalue weighted by molar-refractivity contribution is 5.85. The largest absolute Gasteiger partial charge is 0.479 e. The number of carboxylic acids is 3. The van der Waals surface area contributed by atoms with Gasteiger partial charge in [0.05, 0.1) is 0 Å². The van der Waals surface area contributed by atoms with E-state index in [1.165, 1.54) is 20.8 Å². The van der Waals surface area contributed by atoms with Gasteiger partial charge in [-0.3, -0.25) is 0 Å². The predicted molar refractivity (Wildman–Crippen MR) is 64.2 cm³/mol. The number of rotatable bonds is 3. The molecule has 0 aromatic heterocycles. The lowest BCUT2D eigenvalue weighted by Crippen LogP contribution is -2.13. The van der Waals surface area contributed by atoms with E-state index in [9.17, 15) is 14.4 Å². The van der Waals surface area contributed by atoms with Crippen molar-refractivity contribution in [3.63, 3.8) is 0 Å². The summed E-state index contributed by atoms with van der Waals surface area (Å²) in [6.07, 6.45) is -1.23. The molecular formula is C11H18O7. The first-order valence-electron chi connectivity index (χ1n) is 4.61. The highest BCUT2D eigenvalue weighted by Gasteiger charge is 2.01. The second-order valence-corrected chi connectivity index (χ2v) is 3.19. The quantitative estimate of drug-likeness (QED) is 0.551. The predicted octanol–water partition coefficient (Wildman–Crippen LogP) is 0.746. The number of carboxylic acid groups (broad SMARTS) is 3. The first-order valence-corrected chi connectivity index (χ1v) is 4.61. The van der Waals surface area contributed by atoms with Crippen LogP contribution in [0.5, 0.6) is 0 Å². The van der Waals surface area contributed by atoms with Gasteiger partial charge in [0.15, 0.2) is 0 Å². The molecule has 7 heteroatoms. The Morgan fingerprint density at radius 2 is 1.00 bits per heavy atom. The summed E-state index contributed by atoms with van der Waals surface area (Å²) in [6.45, 7) is 10.4. The molecule has 0 heterocycles. The van der Waals surface area contributed by atoms with Crippen molar-refractivity contribution in [2.75, 3.05) is 0 Å². The van der Waals surface area contributed by atoms with Crippen molar-refractivity contribution in [3.05, 3.63) is 24.3 Å². The van der Waals surface area contributed by atoms with Crippen molar-refractivity contribution in [2.45, 2.75) is 26.9 Å². The van der Waals surface area contributed by atoms with Crippen molar-refractivity contribution in [1.82, 2.24) is 0 Å². The van der Waals surface area contributed by atoms with Crippen LogP contribution in [0.1, 0.15) is 20.8 Å². The second-order valence-electron chi connectivity index (χ2n) is 3.19. The first kappa shape index (κ1) is 21.2. The summed E-state index contributed by atoms with van der Waals surface area (Å²) in [5.41, 5.74) is 0.352. The smallest absolute Gasteiger partial charge is 0.332 e. The Morgan fingerprint density at radius 3 is 1.00 bits per heavy atom. The zero-order valence-electron chi connectivity index (χ0n) is 10.5. The molecule has 7 nitrogen and oxygen atoms in total. The van der Waals surface area contributed by atoms with Crippen LogP contribution in [0.2, 0.25) is 0 Å². The normalized spacial score (nSPS) is 9.56. The van der Waals surface area contributed by atoms with Crippen LogP contribution in [0.15, 0.2) is 24.3 Å². The van der Waals surface area contributed by atoms with Crippen LogP contribution in [0.4, 0.5) is 0 Å². The third-order valence-corrected chi connectivity index (χ3v) is 1.09. The Balaban J connectivity index is -0.000000187. The Morgan fingerprint density at radius 1 is 0.889 bits per heavy atom. The number of aliphatic hydroxyl groups is 1. The highest BCUT2D eigenvalue weighted by Crippen LogP contribution is 1.81.